The zero-order valence-electron chi connectivity index (χ0n) is 7.83. The first-order chi connectivity index (χ1) is 5.07. The summed E-state index contributed by atoms with van der Waals surface area (Å²) in [6, 6.07) is 0. The number of likely N-dealkylation sites (N-methyl/N-ethyl adjacent to an activating group) is 1. The Morgan fingerprint density at radius 1 is 1.27 bits per heavy atom. The summed E-state index contributed by atoms with van der Waals surface area (Å²) in [5, 5.41) is 0. The predicted molar refractivity (Wildman–Crippen MR) is 52.0 cm³/mol. The smallest absolute Gasteiger partial charge is 0.191 e. The van der Waals surface area contributed by atoms with Crippen molar-refractivity contribution in [2.24, 2.45) is 0 Å². The Morgan fingerprint density at radius 2 is 1.91 bits per heavy atom. The Balaban J connectivity index is 2.85. The molecule has 1 atom stereocenters. The van der Waals surface area contributed by atoms with Crippen LogP contribution in [-0.2, 0) is 0 Å². The fourth-order valence-electron chi connectivity index (χ4n) is 1.38. The third-order valence-electron chi connectivity index (χ3n) is 2.83. The number of nitrogens with zero attached hydrogens (tertiary/aromatic N) is 1. The first kappa shape index (κ1) is 8.60. The van der Waals surface area contributed by atoms with Crippen LogP contribution in [0.25, 0.3) is 0 Å². The largest absolute Gasteiger partial charge is 0.307 e. The van der Waals surface area contributed by atoms with E-state index in [1.165, 1.54) is 0 Å². The van der Waals surface area contributed by atoms with Gasteiger partial charge in [-0.1, -0.05) is 25.1 Å². The molecule has 0 spiro atoms. The Morgan fingerprint density at radius 3 is 2.27 bits per heavy atom. The molecule has 0 saturated heterocycles. The topological polar surface area (TPSA) is 3.24 Å². The van der Waals surface area contributed by atoms with Crippen molar-refractivity contribution in [1.82, 2.24) is 4.90 Å². The van der Waals surface area contributed by atoms with E-state index in [1.807, 2.05) is 0 Å². The number of allylic oxidation sites excluding steroid dienone is 2. The molecule has 1 nitrogen and oxygen atoms in total. The normalized spacial score (nSPS) is 30.1. The zero-order chi connectivity index (χ0) is 8.48. The lowest BCUT2D eigenvalue weighted by Gasteiger charge is -2.37. The van der Waals surface area contributed by atoms with Crippen molar-refractivity contribution in [2.45, 2.75) is 19.2 Å². The molecule has 11 heavy (non-hydrogen) atoms. The third kappa shape index (κ3) is 1.41. The van der Waals surface area contributed by atoms with Gasteiger partial charge in [0, 0.05) is 5.44 Å². The van der Waals surface area contributed by atoms with Crippen molar-refractivity contribution >= 4 is 6.71 Å². The number of rotatable bonds is 1. The molecule has 0 bridgehead atoms. The Hall–Kier alpha value is -0.495. The lowest BCUT2D eigenvalue weighted by atomic mass is 9.37. The summed E-state index contributed by atoms with van der Waals surface area (Å²) < 4.78 is 0. The van der Waals surface area contributed by atoms with Crippen LogP contribution in [0.2, 0.25) is 6.82 Å². The molecule has 1 unspecified atom stereocenters. The van der Waals surface area contributed by atoms with E-state index in [4.69, 9.17) is 0 Å². The maximum atomic E-state index is 2.26. The molecule has 0 amide bonds. The third-order valence-corrected chi connectivity index (χ3v) is 2.83. The van der Waals surface area contributed by atoms with Crippen LogP contribution in [0.15, 0.2) is 24.2 Å². The van der Waals surface area contributed by atoms with Crippen molar-refractivity contribution in [3.05, 3.63) is 24.2 Å². The molecule has 1 aliphatic rings. The van der Waals surface area contributed by atoms with Crippen LogP contribution in [0.4, 0.5) is 0 Å². The summed E-state index contributed by atoms with van der Waals surface area (Å²) in [4.78, 5) is 2.26. The van der Waals surface area contributed by atoms with Gasteiger partial charge in [-0.2, -0.15) is 0 Å². The van der Waals surface area contributed by atoms with E-state index in [2.05, 4.69) is 56.9 Å². The summed E-state index contributed by atoms with van der Waals surface area (Å²) in [6.45, 7) is 5.11. The van der Waals surface area contributed by atoms with E-state index in [9.17, 15) is 0 Å². The highest BCUT2D eigenvalue weighted by Gasteiger charge is 2.32. The first-order valence-electron chi connectivity index (χ1n) is 4.11. The highest BCUT2D eigenvalue weighted by molar-refractivity contribution is 6.67. The highest BCUT2D eigenvalue weighted by atomic mass is 15.1. The van der Waals surface area contributed by atoms with Crippen molar-refractivity contribution < 1.29 is 0 Å². The Kier molecular flexibility index (Phi) is 2.24. The lowest BCUT2D eigenvalue weighted by Crippen LogP contribution is -2.51. The first-order valence-corrected chi connectivity index (χ1v) is 4.11. The standard InChI is InChI=1S/C9H16BN/c1-9(11(3)4)7-5-6-8-10(9)2/h5-8H,1-4H3. The number of hydrogen-bond acceptors (Lipinski definition) is 1. The molecule has 1 heterocycles. The van der Waals surface area contributed by atoms with E-state index in [1.54, 1.807) is 0 Å². The maximum Gasteiger partial charge on any atom is 0.191 e. The summed E-state index contributed by atoms with van der Waals surface area (Å²) in [5.41, 5.74) is 0.203. The molecule has 1 rings (SSSR count). The molecule has 1 aliphatic heterocycles. The fraction of sp³-hybridized carbons (Fsp3) is 0.556. The summed E-state index contributed by atoms with van der Waals surface area (Å²) in [5.74, 6) is 2.25. The van der Waals surface area contributed by atoms with Crippen LogP contribution in [0.1, 0.15) is 6.92 Å². The molecule has 0 aromatic rings. The van der Waals surface area contributed by atoms with Crippen LogP contribution in [-0.4, -0.2) is 31.1 Å². The lowest BCUT2D eigenvalue weighted by molar-refractivity contribution is 0.314. The predicted octanol–water partition coefficient (Wildman–Crippen LogP) is 1.64. The van der Waals surface area contributed by atoms with Gasteiger partial charge in [0.25, 0.3) is 0 Å². The van der Waals surface area contributed by atoms with Crippen LogP contribution in [0.3, 0.4) is 0 Å². The Labute approximate surface area is 69.9 Å². The van der Waals surface area contributed by atoms with Gasteiger partial charge in [0.1, 0.15) is 0 Å². The van der Waals surface area contributed by atoms with E-state index < -0.39 is 0 Å². The molecular formula is C9H16BN. The maximum absolute atomic E-state index is 2.26. The summed E-state index contributed by atoms with van der Waals surface area (Å²) >= 11 is 0. The molecule has 0 saturated carbocycles. The minimum atomic E-state index is 0.203. The van der Waals surface area contributed by atoms with E-state index in [0.29, 0.717) is 6.71 Å². The average molecular weight is 149 g/mol. The van der Waals surface area contributed by atoms with Gasteiger partial charge in [-0.25, -0.2) is 0 Å². The molecule has 2 heteroatoms. The minimum absolute atomic E-state index is 0.203. The second-order valence-corrected chi connectivity index (χ2v) is 3.65. The molecule has 0 N–H and O–H groups in total. The van der Waals surface area contributed by atoms with Gasteiger partial charge < -0.3 is 4.90 Å². The average Bonchev–Trinajstić information content (AvgIpc) is 1.95. The van der Waals surface area contributed by atoms with Crippen LogP contribution in [0, 0.1) is 0 Å². The van der Waals surface area contributed by atoms with E-state index in [0.717, 1.165) is 0 Å². The molecule has 0 radical (unpaired) electrons. The zero-order valence-corrected chi connectivity index (χ0v) is 7.83. The van der Waals surface area contributed by atoms with Gasteiger partial charge in [0.2, 0.25) is 0 Å². The highest BCUT2D eigenvalue weighted by Crippen LogP contribution is 2.21. The van der Waals surface area contributed by atoms with Crippen LogP contribution in [0.5, 0.6) is 0 Å². The monoisotopic (exact) mass is 149 g/mol. The van der Waals surface area contributed by atoms with Crippen LogP contribution < -0.4 is 0 Å². The van der Waals surface area contributed by atoms with Crippen LogP contribution >= 0.6 is 0 Å². The van der Waals surface area contributed by atoms with Gasteiger partial charge in [0.15, 0.2) is 6.71 Å². The second-order valence-electron chi connectivity index (χ2n) is 3.65. The molecule has 0 aromatic heterocycles. The molecule has 0 aromatic carbocycles. The molecule has 0 aliphatic carbocycles. The van der Waals surface area contributed by atoms with E-state index in [-0.39, 0.29) is 5.44 Å². The fourth-order valence-corrected chi connectivity index (χ4v) is 1.38. The molecule has 60 valence electrons. The minimum Gasteiger partial charge on any atom is -0.307 e. The van der Waals surface area contributed by atoms with Gasteiger partial charge in [-0.3, -0.25) is 0 Å². The SMILES string of the molecule is CB1C=CC=CC1(C)N(C)C. The van der Waals surface area contributed by atoms with Gasteiger partial charge in [-0.15, -0.1) is 5.98 Å². The van der Waals surface area contributed by atoms with Crippen molar-refractivity contribution in [2.75, 3.05) is 14.1 Å². The van der Waals surface area contributed by atoms with Gasteiger partial charge in [0.05, 0.1) is 0 Å². The summed E-state index contributed by atoms with van der Waals surface area (Å²) in [6.07, 6.45) is 6.51. The van der Waals surface area contributed by atoms with Crippen molar-refractivity contribution in [1.29, 1.82) is 0 Å². The van der Waals surface area contributed by atoms with Crippen molar-refractivity contribution in [3.8, 4) is 0 Å². The number of hydrogen-bond donors (Lipinski definition) is 0. The quantitative estimate of drug-likeness (QED) is 0.512. The van der Waals surface area contributed by atoms with Gasteiger partial charge >= 0.3 is 0 Å². The molecular weight excluding hydrogens is 133 g/mol. The Bertz CT molecular complexity index is 196. The van der Waals surface area contributed by atoms with Crippen molar-refractivity contribution in [3.63, 3.8) is 0 Å². The second kappa shape index (κ2) is 2.86. The van der Waals surface area contributed by atoms with Gasteiger partial charge in [-0.05, 0) is 21.0 Å². The summed E-state index contributed by atoms with van der Waals surface area (Å²) in [7, 11) is 4.25. The molecule has 0 fully saturated rings. The van der Waals surface area contributed by atoms with E-state index >= 15 is 0 Å².